The average molecular weight is 487 g/mol. The fourth-order valence-electron chi connectivity index (χ4n) is 8.36. The van der Waals surface area contributed by atoms with Crippen LogP contribution in [0.1, 0.15) is 60.3 Å². The van der Waals surface area contributed by atoms with Crippen molar-refractivity contribution in [2.45, 2.75) is 83.9 Å². The van der Waals surface area contributed by atoms with E-state index >= 15 is 0 Å². The number of fused-ring (bicyclic) bond motifs is 7. The lowest BCUT2D eigenvalue weighted by Gasteiger charge is -2.60. The minimum absolute atomic E-state index is 0.0149. The van der Waals surface area contributed by atoms with E-state index < -0.39 is 47.0 Å². The molecule has 190 valence electrons. The molecule has 1 aliphatic heterocycles. The second-order valence-electron chi connectivity index (χ2n) is 11.7. The van der Waals surface area contributed by atoms with Gasteiger partial charge in [0, 0.05) is 23.7 Å². The maximum absolute atomic E-state index is 13.8. The minimum atomic E-state index is -1.32. The minimum Gasteiger partial charge on any atom is -0.464 e. The topological polar surface area (TPSA) is 105 Å². The number of ether oxygens (including phenoxy) is 4. The van der Waals surface area contributed by atoms with E-state index in [2.05, 4.69) is 6.92 Å². The van der Waals surface area contributed by atoms with Crippen LogP contribution in [0.5, 0.6) is 0 Å². The van der Waals surface area contributed by atoms with E-state index in [9.17, 15) is 19.2 Å². The highest BCUT2D eigenvalue weighted by atomic mass is 16.8. The van der Waals surface area contributed by atoms with Crippen LogP contribution in [-0.4, -0.2) is 54.2 Å². The zero-order valence-corrected chi connectivity index (χ0v) is 21.0. The van der Waals surface area contributed by atoms with E-state index in [1.54, 1.807) is 26.0 Å². The highest BCUT2D eigenvalue weighted by molar-refractivity contribution is 6.01. The Labute approximate surface area is 205 Å². The van der Waals surface area contributed by atoms with Crippen molar-refractivity contribution in [1.29, 1.82) is 0 Å². The zero-order valence-electron chi connectivity index (χ0n) is 21.0. The van der Waals surface area contributed by atoms with Crippen LogP contribution < -0.4 is 0 Å². The van der Waals surface area contributed by atoms with Crippen molar-refractivity contribution >= 4 is 24.0 Å². The van der Waals surface area contributed by atoms with Gasteiger partial charge in [0.1, 0.15) is 6.10 Å². The zero-order chi connectivity index (χ0) is 25.4. The lowest BCUT2D eigenvalue weighted by molar-refractivity contribution is -0.227. The molecule has 0 bridgehead atoms. The summed E-state index contributed by atoms with van der Waals surface area (Å²) in [6, 6.07) is 0. The fraction of sp³-hybridized carbons (Fsp3) is 0.704. The van der Waals surface area contributed by atoms with Crippen molar-refractivity contribution in [2.75, 3.05) is 6.61 Å². The molecule has 0 spiro atoms. The summed E-state index contributed by atoms with van der Waals surface area (Å²) in [7, 11) is 0. The summed E-state index contributed by atoms with van der Waals surface area (Å²) >= 11 is 0. The Balaban J connectivity index is 1.60. The molecule has 0 amide bonds. The smallest absolute Gasteiger partial charge is 0.303 e. The fourth-order valence-corrected chi connectivity index (χ4v) is 8.36. The standard InChI is InChI=1S/C27H34O8/c1-15(29)32-13-21(31)27-22(34-24(2,3)35-27)11-19-18-7-6-16-10-17(30)8-9-25(16,4)23(18)20(33-14-28)12-26(19,27)5/h8-10,14,18-20,22-23H,6-7,11-13H2,1-5H3/t18?,19?,20-,22+,23?,25-,26-,27+/m0/s1. The number of hydrogen-bond donors (Lipinski definition) is 0. The molecule has 5 aliphatic rings. The first-order valence-electron chi connectivity index (χ1n) is 12.5. The lowest BCUT2D eigenvalue weighted by Crippen LogP contribution is -2.64. The van der Waals surface area contributed by atoms with Gasteiger partial charge >= 0.3 is 5.97 Å². The first-order chi connectivity index (χ1) is 16.4. The van der Waals surface area contributed by atoms with Crippen LogP contribution in [0.2, 0.25) is 0 Å². The number of hydrogen-bond acceptors (Lipinski definition) is 8. The van der Waals surface area contributed by atoms with Crippen LogP contribution in [0.3, 0.4) is 0 Å². The summed E-state index contributed by atoms with van der Waals surface area (Å²) in [5, 5.41) is 0. The first-order valence-corrected chi connectivity index (χ1v) is 12.5. The SMILES string of the molecule is CC(=O)OCC(=O)[C@@]12OC(C)(C)O[C@@H]1CC1C3CCC4=CC(=O)C=C[C@]4(C)C3[C@@H](OC=O)C[C@@]12C. The molecule has 8 atom stereocenters. The third kappa shape index (κ3) is 3.32. The van der Waals surface area contributed by atoms with Gasteiger partial charge in [-0.25, -0.2) is 0 Å². The summed E-state index contributed by atoms with van der Waals surface area (Å²) in [4.78, 5) is 49.1. The van der Waals surface area contributed by atoms with Crippen LogP contribution in [-0.2, 0) is 38.1 Å². The van der Waals surface area contributed by atoms with Gasteiger partial charge in [-0.3, -0.25) is 19.2 Å². The van der Waals surface area contributed by atoms with Crippen molar-refractivity contribution in [1.82, 2.24) is 0 Å². The van der Waals surface area contributed by atoms with Crippen LogP contribution in [0.25, 0.3) is 0 Å². The molecule has 35 heavy (non-hydrogen) atoms. The molecule has 1 saturated heterocycles. The number of esters is 1. The van der Waals surface area contributed by atoms with Gasteiger partial charge < -0.3 is 18.9 Å². The third-order valence-corrected chi connectivity index (χ3v) is 9.52. The molecule has 0 radical (unpaired) electrons. The summed E-state index contributed by atoms with van der Waals surface area (Å²) in [6.45, 7) is 9.11. The Morgan fingerprint density at radius 1 is 1.23 bits per heavy atom. The van der Waals surface area contributed by atoms with Crippen molar-refractivity contribution in [3.63, 3.8) is 0 Å². The summed E-state index contributed by atoms with van der Waals surface area (Å²) in [5.41, 5.74) is -1.37. The van der Waals surface area contributed by atoms with Gasteiger partial charge in [0.15, 0.2) is 23.8 Å². The second-order valence-corrected chi connectivity index (χ2v) is 11.7. The molecular formula is C27H34O8. The van der Waals surface area contributed by atoms with Gasteiger partial charge in [-0.15, -0.1) is 0 Å². The molecule has 8 nitrogen and oxygen atoms in total. The van der Waals surface area contributed by atoms with E-state index in [1.165, 1.54) is 6.92 Å². The second kappa shape index (κ2) is 7.84. The van der Waals surface area contributed by atoms with E-state index in [-0.39, 0.29) is 29.3 Å². The van der Waals surface area contributed by atoms with Gasteiger partial charge in [0.25, 0.3) is 6.47 Å². The predicted octanol–water partition coefficient (Wildman–Crippen LogP) is 3.08. The maximum Gasteiger partial charge on any atom is 0.303 e. The molecule has 0 aromatic heterocycles. The van der Waals surface area contributed by atoms with Gasteiger partial charge in [-0.05, 0) is 63.5 Å². The Morgan fingerprint density at radius 3 is 2.66 bits per heavy atom. The molecule has 1 heterocycles. The summed E-state index contributed by atoms with van der Waals surface area (Å²) in [5.74, 6) is -1.70. The molecule has 0 N–H and O–H groups in total. The molecule has 0 aromatic rings. The third-order valence-electron chi connectivity index (χ3n) is 9.52. The van der Waals surface area contributed by atoms with E-state index in [4.69, 9.17) is 18.9 Å². The number of carbonyl (C=O) groups is 4. The van der Waals surface area contributed by atoms with Gasteiger partial charge in [-0.1, -0.05) is 25.5 Å². The Hall–Kier alpha value is -2.32. The maximum atomic E-state index is 13.8. The molecule has 5 rings (SSSR count). The molecule has 4 aliphatic carbocycles. The van der Waals surface area contributed by atoms with Gasteiger partial charge in [0.05, 0.1) is 6.10 Å². The molecular weight excluding hydrogens is 452 g/mol. The largest absolute Gasteiger partial charge is 0.464 e. The van der Waals surface area contributed by atoms with E-state index in [0.29, 0.717) is 19.3 Å². The lowest BCUT2D eigenvalue weighted by atomic mass is 9.46. The van der Waals surface area contributed by atoms with Crippen molar-refractivity contribution in [2.24, 2.45) is 28.6 Å². The van der Waals surface area contributed by atoms with Crippen molar-refractivity contribution in [3.05, 3.63) is 23.8 Å². The van der Waals surface area contributed by atoms with Crippen LogP contribution in [0.15, 0.2) is 23.8 Å². The number of rotatable bonds is 5. The first kappa shape index (κ1) is 24.4. The average Bonchev–Trinajstić information content (AvgIpc) is 3.18. The van der Waals surface area contributed by atoms with E-state index in [1.807, 2.05) is 13.0 Å². The highest BCUT2D eigenvalue weighted by Crippen LogP contribution is 2.70. The summed E-state index contributed by atoms with van der Waals surface area (Å²) < 4.78 is 23.7. The number of allylic oxidation sites excluding steroid dienone is 4. The van der Waals surface area contributed by atoms with Gasteiger partial charge in [0.2, 0.25) is 5.78 Å². The number of carbonyl (C=O) groups excluding carboxylic acids is 4. The Bertz CT molecular complexity index is 1040. The molecule has 0 aromatic carbocycles. The normalized spacial score (nSPS) is 44.9. The van der Waals surface area contributed by atoms with Crippen LogP contribution in [0, 0.1) is 28.6 Å². The summed E-state index contributed by atoms with van der Waals surface area (Å²) in [6.07, 6.45) is 6.94. The number of Topliss-reactive ketones (excluding diaryl/α,β-unsaturated/α-hetero) is 1. The van der Waals surface area contributed by atoms with Crippen molar-refractivity contribution in [3.8, 4) is 0 Å². The number of ketones is 2. The molecule has 3 unspecified atom stereocenters. The van der Waals surface area contributed by atoms with Crippen molar-refractivity contribution < 1.29 is 38.1 Å². The monoisotopic (exact) mass is 486 g/mol. The quantitative estimate of drug-likeness (QED) is 0.431. The van der Waals surface area contributed by atoms with E-state index in [0.717, 1.165) is 18.4 Å². The molecule has 8 heteroatoms. The van der Waals surface area contributed by atoms with Crippen LogP contribution in [0.4, 0.5) is 0 Å². The Morgan fingerprint density at radius 2 is 1.97 bits per heavy atom. The highest BCUT2D eigenvalue weighted by Gasteiger charge is 2.77. The molecule has 4 fully saturated rings. The van der Waals surface area contributed by atoms with Gasteiger partial charge in [-0.2, -0.15) is 0 Å². The molecule has 3 saturated carbocycles. The Kier molecular flexibility index (Phi) is 5.46. The van der Waals surface area contributed by atoms with Crippen LogP contribution >= 0.6 is 0 Å². The predicted molar refractivity (Wildman–Crippen MR) is 123 cm³/mol.